The lowest BCUT2D eigenvalue weighted by molar-refractivity contribution is -0.139. The number of fused-ring (bicyclic) bond motifs is 1. The highest BCUT2D eigenvalue weighted by molar-refractivity contribution is 9.10. The Morgan fingerprint density at radius 3 is 2.54 bits per heavy atom. The van der Waals surface area contributed by atoms with E-state index in [9.17, 15) is 9.59 Å². The molecule has 0 saturated carbocycles. The van der Waals surface area contributed by atoms with Crippen molar-refractivity contribution in [2.45, 2.75) is 31.7 Å². The van der Waals surface area contributed by atoms with Gasteiger partial charge in [-0.1, -0.05) is 39.4 Å². The second-order valence-electron chi connectivity index (χ2n) is 8.03. The number of aromatic nitrogens is 1. The summed E-state index contributed by atoms with van der Waals surface area (Å²) in [5.74, 6) is 0.532. The number of ether oxygens (including phenoxy) is 3. The molecule has 1 aliphatic heterocycles. The first kappa shape index (κ1) is 27.2. The van der Waals surface area contributed by atoms with Gasteiger partial charge in [0.2, 0.25) is 0 Å². The summed E-state index contributed by atoms with van der Waals surface area (Å²) in [6.07, 6.45) is 3.87. The van der Waals surface area contributed by atoms with Crippen LogP contribution in [0.3, 0.4) is 0 Å². The highest BCUT2D eigenvalue weighted by Crippen LogP contribution is 2.41. The molecular formula is C27H27BrN2O5S2. The molecule has 2 heterocycles. The molecule has 0 saturated heterocycles. The lowest BCUT2D eigenvalue weighted by atomic mass is 9.95. The maximum absolute atomic E-state index is 13.8. The molecule has 1 aliphatic rings. The largest absolute Gasteiger partial charge is 0.493 e. The summed E-state index contributed by atoms with van der Waals surface area (Å²) in [6.45, 7) is 6.06. The number of carbonyl (C=O) groups excluding carboxylic acids is 1. The molecule has 0 unspecified atom stereocenters. The van der Waals surface area contributed by atoms with Crippen molar-refractivity contribution < 1.29 is 19.0 Å². The number of benzene rings is 2. The van der Waals surface area contributed by atoms with Gasteiger partial charge in [-0.15, -0.1) is 11.8 Å². The molecular weight excluding hydrogens is 576 g/mol. The summed E-state index contributed by atoms with van der Waals surface area (Å²) >= 11 is 6.59. The van der Waals surface area contributed by atoms with E-state index < -0.39 is 12.0 Å². The average Bonchev–Trinajstić information content (AvgIpc) is 3.18. The van der Waals surface area contributed by atoms with Gasteiger partial charge in [0, 0.05) is 9.37 Å². The van der Waals surface area contributed by atoms with Crippen LogP contribution in [-0.2, 0) is 9.53 Å². The molecule has 1 aromatic heterocycles. The fourth-order valence-electron chi connectivity index (χ4n) is 4.13. The lowest BCUT2D eigenvalue weighted by Gasteiger charge is -2.26. The minimum atomic E-state index is -0.768. The van der Waals surface area contributed by atoms with Gasteiger partial charge in [0.25, 0.3) is 5.56 Å². The SMILES string of the molecule is CCOC(=O)C1=C(C)N=c2s/c(=C/c3ccc(SC)cc3)c(=O)n2[C@H]1c1cc(OC)c(OCC)cc1Br. The average molecular weight is 604 g/mol. The zero-order valence-electron chi connectivity index (χ0n) is 21.2. The van der Waals surface area contributed by atoms with Gasteiger partial charge in [0.1, 0.15) is 0 Å². The van der Waals surface area contributed by atoms with E-state index in [1.165, 1.54) is 11.3 Å². The van der Waals surface area contributed by atoms with E-state index in [1.807, 2.05) is 43.5 Å². The molecule has 0 bridgehead atoms. The van der Waals surface area contributed by atoms with Crippen LogP contribution in [0.25, 0.3) is 6.08 Å². The van der Waals surface area contributed by atoms with Gasteiger partial charge in [0.05, 0.1) is 42.2 Å². The van der Waals surface area contributed by atoms with Crippen molar-refractivity contribution in [1.82, 2.24) is 4.57 Å². The fourth-order valence-corrected chi connectivity index (χ4v) is 6.12. The smallest absolute Gasteiger partial charge is 0.338 e. The predicted octanol–water partition coefficient (Wildman–Crippen LogP) is 4.69. The van der Waals surface area contributed by atoms with Crippen molar-refractivity contribution in [3.8, 4) is 11.5 Å². The summed E-state index contributed by atoms with van der Waals surface area (Å²) in [4.78, 5) is 33.3. The monoisotopic (exact) mass is 602 g/mol. The van der Waals surface area contributed by atoms with Crippen molar-refractivity contribution >= 4 is 51.1 Å². The van der Waals surface area contributed by atoms with Gasteiger partial charge in [-0.05, 0) is 68.5 Å². The van der Waals surface area contributed by atoms with Gasteiger partial charge in [-0.2, -0.15) is 0 Å². The fraction of sp³-hybridized carbons (Fsp3) is 0.296. The molecule has 3 aromatic rings. The van der Waals surface area contributed by atoms with Gasteiger partial charge >= 0.3 is 5.97 Å². The zero-order valence-corrected chi connectivity index (χ0v) is 24.4. The number of esters is 1. The van der Waals surface area contributed by atoms with Crippen molar-refractivity contribution in [1.29, 1.82) is 0 Å². The Hall–Kier alpha value is -2.82. The highest BCUT2D eigenvalue weighted by Gasteiger charge is 2.35. The first-order valence-corrected chi connectivity index (χ1v) is 14.5. The van der Waals surface area contributed by atoms with Crippen molar-refractivity contribution in [3.05, 3.63) is 83.0 Å². The molecule has 2 aromatic carbocycles. The van der Waals surface area contributed by atoms with Crippen molar-refractivity contribution in [2.24, 2.45) is 4.99 Å². The summed E-state index contributed by atoms with van der Waals surface area (Å²) in [5, 5.41) is 0. The Labute approximate surface area is 231 Å². The van der Waals surface area contributed by atoms with E-state index in [-0.39, 0.29) is 12.2 Å². The third-order valence-corrected chi connectivity index (χ3v) is 8.22. The van der Waals surface area contributed by atoms with Crippen LogP contribution in [-0.4, -0.2) is 37.1 Å². The number of halogens is 1. The number of hydrogen-bond acceptors (Lipinski definition) is 8. The Balaban J connectivity index is 1.97. The van der Waals surface area contributed by atoms with Crippen LogP contribution in [0.1, 0.15) is 37.9 Å². The molecule has 7 nitrogen and oxygen atoms in total. The van der Waals surface area contributed by atoms with Crippen LogP contribution in [0.4, 0.5) is 0 Å². The normalized spacial score (nSPS) is 15.3. The minimum absolute atomic E-state index is 0.201. The number of thiazole rings is 1. The first-order chi connectivity index (χ1) is 17.8. The molecule has 4 rings (SSSR count). The second-order valence-corrected chi connectivity index (χ2v) is 10.8. The highest BCUT2D eigenvalue weighted by atomic mass is 79.9. The summed E-state index contributed by atoms with van der Waals surface area (Å²) in [7, 11) is 1.55. The lowest BCUT2D eigenvalue weighted by Crippen LogP contribution is -2.40. The Kier molecular flexibility index (Phi) is 8.61. The molecule has 1 atom stereocenters. The number of thioether (sulfide) groups is 1. The molecule has 0 N–H and O–H groups in total. The van der Waals surface area contributed by atoms with E-state index in [1.54, 1.807) is 49.4 Å². The Morgan fingerprint density at radius 1 is 1.19 bits per heavy atom. The minimum Gasteiger partial charge on any atom is -0.493 e. The predicted molar refractivity (Wildman–Crippen MR) is 150 cm³/mol. The van der Waals surface area contributed by atoms with Crippen LogP contribution in [0.5, 0.6) is 11.5 Å². The van der Waals surface area contributed by atoms with Gasteiger partial charge in [0.15, 0.2) is 16.3 Å². The molecule has 37 heavy (non-hydrogen) atoms. The van der Waals surface area contributed by atoms with Crippen LogP contribution in [0.15, 0.2) is 66.8 Å². The van der Waals surface area contributed by atoms with E-state index in [0.29, 0.717) is 48.7 Å². The maximum atomic E-state index is 13.8. The van der Waals surface area contributed by atoms with E-state index in [4.69, 9.17) is 14.2 Å². The van der Waals surface area contributed by atoms with Crippen molar-refractivity contribution in [3.63, 3.8) is 0 Å². The molecule has 194 valence electrons. The number of nitrogens with zero attached hydrogens (tertiary/aromatic N) is 2. The van der Waals surface area contributed by atoms with Gasteiger partial charge in [-0.3, -0.25) is 9.36 Å². The van der Waals surface area contributed by atoms with Crippen LogP contribution < -0.4 is 24.4 Å². The molecule has 0 spiro atoms. The van der Waals surface area contributed by atoms with Gasteiger partial charge < -0.3 is 14.2 Å². The van der Waals surface area contributed by atoms with Crippen LogP contribution >= 0.6 is 39.0 Å². The topological polar surface area (TPSA) is 79.1 Å². The maximum Gasteiger partial charge on any atom is 0.338 e. The standard InChI is InChI=1S/C27H27BrN2O5S2/c1-6-34-21-14-19(28)18(13-20(21)33-4)24-23(26(32)35-7-2)15(3)29-27-30(24)25(31)22(37-27)12-16-8-10-17(36-5)11-9-16/h8-14,24H,6-7H2,1-5H3/b22-12+/t24-/m0/s1. The first-order valence-electron chi connectivity index (χ1n) is 11.7. The molecule has 0 amide bonds. The Morgan fingerprint density at radius 2 is 1.92 bits per heavy atom. The van der Waals surface area contributed by atoms with E-state index >= 15 is 0 Å². The third kappa shape index (κ3) is 5.42. The van der Waals surface area contributed by atoms with Gasteiger partial charge in [-0.25, -0.2) is 9.79 Å². The number of allylic oxidation sites excluding steroid dienone is 1. The molecule has 0 fully saturated rings. The summed E-state index contributed by atoms with van der Waals surface area (Å²) in [5.41, 5.74) is 2.13. The Bertz CT molecular complexity index is 1540. The van der Waals surface area contributed by atoms with E-state index in [2.05, 4.69) is 20.9 Å². The third-order valence-electron chi connectivity index (χ3n) is 5.81. The number of hydrogen-bond donors (Lipinski definition) is 0. The number of methoxy groups -OCH3 is 1. The van der Waals surface area contributed by atoms with Crippen LogP contribution in [0.2, 0.25) is 0 Å². The zero-order chi connectivity index (χ0) is 26.7. The summed E-state index contributed by atoms with van der Waals surface area (Å²) in [6, 6.07) is 10.8. The van der Waals surface area contributed by atoms with Crippen LogP contribution in [0, 0.1) is 0 Å². The molecule has 0 aliphatic carbocycles. The second kappa shape index (κ2) is 11.7. The summed E-state index contributed by atoms with van der Waals surface area (Å²) < 4.78 is 19.4. The van der Waals surface area contributed by atoms with Crippen molar-refractivity contribution in [2.75, 3.05) is 26.6 Å². The quantitative estimate of drug-likeness (QED) is 0.275. The molecule has 0 radical (unpaired) electrons. The molecule has 10 heteroatoms. The number of rotatable bonds is 8. The number of carbonyl (C=O) groups is 1. The van der Waals surface area contributed by atoms with E-state index in [0.717, 1.165) is 10.5 Å².